The zero-order valence-electron chi connectivity index (χ0n) is 8.78. The average Bonchev–Trinajstić information content (AvgIpc) is 1.78. The summed E-state index contributed by atoms with van der Waals surface area (Å²) >= 11 is 0. The summed E-state index contributed by atoms with van der Waals surface area (Å²) in [6.45, 7) is 5.13. The first kappa shape index (κ1) is 13.5. The van der Waals surface area contributed by atoms with Gasteiger partial charge in [0.1, 0.15) is 0 Å². The minimum atomic E-state index is -4.12. The molecule has 84 valence electrons. The fourth-order valence-corrected chi connectivity index (χ4v) is 1.34. The predicted octanol–water partition coefficient (Wildman–Crippen LogP) is 3.44. The highest BCUT2D eigenvalue weighted by Gasteiger charge is 2.28. The zero-order valence-corrected chi connectivity index (χ0v) is 8.78. The molecule has 0 radical (unpaired) electrons. The molecule has 0 bridgehead atoms. The Kier molecular flexibility index (Phi) is 4.65. The van der Waals surface area contributed by atoms with Gasteiger partial charge in [0.2, 0.25) is 0 Å². The minimum absolute atomic E-state index is 0.0414. The Balaban J connectivity index is 3.95. The van der Waals surface area contributed by atoms with Crippen molar-refractivity contribution < 1.29 is 18.3 Å². The van der Waals surface area contributed by atoms with Crippen molar-refractivity contribution in [1.82, 2.24) is 0 Å². The molecular formula is C10H17F3O. The van der Waals surface area contributed by atoms with Gasteiger partial charge in [-0.15, -0.1) is 0 Å². The Morgan fingerprint density at radius 1 is 1.21 bits per heavy atom. The van der Waals surface area contributed by atoms with Crippen LogP contribution in [0.2, 0.25) is 0 Å². The van der Waals surface area contributed by atoms with Gasteiger partial charge in [-0.2, -0.15) is 13.2 Å². The van der Waals surface area contributed by atoms with E-state index in [0.29, 0.717) is 0 Å². The molecule has 1 nitrogen and oxygen atoms in total. The van der Waals surface area contributed by atoms with E-state index in [2.05, 4.69) is 0 Å². The first-order valence-electron chi connectivity index (χ1n) is 4.58. The lowest BCUT2D eigenvalue weighted by Gasteiger charge is -2.20. The molecule has 0 saturated carbocycles. The van der Waals surface area contributed by atoms with E-state index in [1.54, 1.807) is 19.9 Å². The quantitative estimate of drug-likeness (QED) is 0.705. The molecule has 0 rings (SSSR count). The topological polar surface area (TPSA) is 20.2 Å². The number of hydrogen-bond acceptors (Lipinski definition) is 1. The molecule has 14 heavy (non-hydrogen) atoms. The molecule has 0 aliphatic carbocycles. The second-order valence-electron chi connectivity index (χ2n) is 4.05. The van der Waals surface area contributed by atoms with Crippen LogP contribution in [0.25, 0.3) is 0 Å². The van der Waals surface area contributed by atoms with Crippen LogP contribution in [0, 0.1) is 0 Å². The van der Waals surface area contributed by atoms with Crippen molar-refractivity contribution in [3.8, 4) is 0 Å². The lowest BCUT2D eigenvalue weighted by atomic mass is 9.96. The number of hydrogen-bond donors (Lipinski definition) is 1. The summed E-state index contributed by atoms with van der Waals surface area (Å²) in [5.41, 5.74) is -0.216. The van der Waals surface area contributed by atoms with E-state index >= 15 is 0 Å². The molecular weight excluding hydrogens is 193 g/mol. The normalized spacial score (nSPS) is 16.2. The van der Waals surface area contributed by atoms with Gasteiger partial charge in [0.05, 0.1) is 5.60 Å². The first-order valence-corrected chi connectivity index (χ1v) is 4.58. The third-order valence-electron chi connectivity index (χ3n) is 1.74. The summed E-state index contributed by atoms with van der Waals surface area (Å²) in [6, 6.07) is 0. The summed E-state index contributed by atoms with van der Waals surface area (Å²) in [4.78, 5) is 0. The summed E-state index contributed by atoms with van der Waals surface area (Å²) in [6.07, 6.45) is -3.28. The van der Waals surface area contributed by atoms with Gasteiger partial charge >= 0.3 is 6.18 Å². The van der Waals surface area contributed by atoms with E-state index in [0.717, 1.165) is 5.57 Å². The molecule has 4 heteroatoms. The van der Waals surface area contributed by atoms with Crippen LogP contribution < -0.4 is 0 Å². The second kappa shape index (κ2) is 4.82. The lowest BCUT2D eigenvalue weighted by Crippen LogP contribution is -2.22. The highest BCUT2D eigenvalue weighted by Crippen LogP contribution is 2.25. The highest BCUT2D eigenvalue weighted by atomic mass is 19.4. The van der Waals surface area contributed by atoms with E-state index in [-0.39, 0.29) is 12.8 Å². The average molecular weight is 210 g/mol. The summed E-state index contributed by atoms with van der Waals surface area (Å²) in [7, 11) is 0. The van der Waals surface area contributed by atoms with Gasteiger partial charge in [0.25, 0.3) is 0 Å². The van der Waals surface area contributed by atoms with Crippen LogP contribution >= 0.6 is 0 Å². The third kappa shape index (κ3) is 8.10. The number of alkyl halides is 3. The number of rotatable bonds is 4. The molecule has 0 aliphatic rings. The Bertz CT molecular complexity index is 200. The van der Waals surface area contributed by atoms with Crippen molar-refractivity contribution in [2.75, 3.05) is 0 Å². The molecule has 0 aromatic carbocycles. The van der Waals surface area contributed by atoms with Crippen molar-refractivity contribution in [2.45, 2.75) is 51.8 Å². The molecule has 1 N–H and O–H groups in total. The summed E-state index contributed by atoms with van der Waals surface area (Å²) in [5, 5.41) is 9.64. The molecule has 1 atom stereocenters. The van der Waals surface area contributed by atoms with Crippen molar-refractivity contribution in [1.29, 1.82) is 0 Å². The summed E-state index contributed by atoms with van der Waals surface area (Å²) < 4.78 is 35.4. The minimum Gasteiger partial charge on any atom is -0.386 e. The van der Waals surface area contributed by atoms with Gasteiger partial charge in [0, 0.05) is 6.42 Å². The monoisotopic (exact) mass is 210 g/mol. The Labute approximate surface area is 82.6 Å². The Morgan fingerprint density at radius 3 is 2.07 bits per heavy atom. The molecule has 0 amide bonds. The fourth-order valence-electron chi connectivity index (χ4n) is 1.34. The van der Waals surface area contributed by atoms with E-state index < -0.39 is 18.2 Å². The lowest BCUT2D eigenvalue weighted by molar-refractivity contribution is -0.137. The van der Waals surface area contributed by atoms with E-state index in [9.17, 15) is 18.3 Å². The molecule has 0 aromatic heterocycles. The van der Waals surface area contributed by atoms with Crippen LogP contribution in [-0.4, -0.2) is 16.9 Å². The molecule has 0 aromatic rings. The van der Waals surface area contributed by atoms with Crippen LogP contribution in [0.5, 0.6) is 0 Å². The molecule has 0 spiro atoms. The first-order chi connectivity index (χ1) is 6.12. The largest absolute Gasteiger partial charge is 0.389 e. The van der Waals surface area contributed by atoms with Gasteiger partial charge in [0.15, 0.2) is 0 Å². The van der Waals surface area contributed by atoms with Crippen LogP contribution in [0.1, 0.15) is 40.0 Å². The van der Waals surface area contributed by atoms with Gasteiger partial charge in [-0.3, -0.25) is 0 Å². The fraction of sp³-hybridized carbons (Fsp3) is 0.800. The van der Waals surface area contributed by atoms with Crippen molar-refractivity contribution >= 4 is 0 Å². The van der Waals surface area contributed by atoms with Gasteiger partial charge in [-0.1, -0.05) is 11.6 Å². The zero-order chi connectivity index (χ0) is 11.4. The van der Waals surface area contributed by atoms with Crippen molar-refractivity contribution in [3.63, 3.8) is 0 Å². The van der Waals surface area contributed by atoms with Gasteiger partial charge in [-0.25, -0.2) is 0 Å². The molecule has 0 aliphatic heterocycles. The van der Waals surface area contributed by atoms with E-state index in [1.165, 1.54) is 6.92 Å². The number of allylic oxidation sites excluding steroid dienone is 1. The number of aliphatic hydroxyl groups is 1. The van der Waals surface area contributed by atoms with E-state index in [4.69, 9.17) is 0 Å². The molecule has 0 heterocycles. The van der Waals surface area contributed by atoms with Gasteiger partial charge < -0.3 is 5.11 Å². The maximum absolute atomic E-state index is 11.8. The number of halogens is 3. The smallest absolute Gasteiger partial charge is 0.386 e. The van der Waals surface area contributed by atoms with Crippen LogP contribution in [0.3, 0.4) is 0 Å². The summed E-state index contributed by atoms with van der Waals surface area (Å²) in [5.74, 6) is 0. The second-order valence-corrected chi connectivity index (χ2v) is 4.05. The molecule has 1 unspecified atom stereocenters. The maximum atomic E-state index is 11.8. The van der Waals surface area contributed by atoms with Crippen LogP contribution in [-0.2, 0) is 0 Å². The highest BCUT2D eigenvalue weighted by molar-refractivity contribution is 5.04. The maximum Gasteiger partial charge on any atom is 0.389 e. The van der Waals surface area contributed by atoms with Crippen LogP contribution in [0.15, 0.2) is 11.6 Å². The Morgan fingerprint density at radius 2 is 1.71 bits per heavy atom. The van der Waals surface area contributed by atoms with Crippen molar-refractivity contribution in [2.24, 2.45) is 0 Å². The SMILES string of the molecule is CC(C)=CC(C)(O)CCCC(F)(F)F. The van der Waals surface area contributed by atoms with Crippen LogP contribution in [0.4, 0.5) is 13.2 Å². The third-order valence-corrected chi connectivity index (χ3v) is 1.74. The Hall–Kier alpha value is -0.510. The van der Waals surface area contributed by atoms with E-state index in [1.807, 2.05) is 0 Å². The van der Waals surface area contributed by atoms with Gasteiger partial charge in [-0.05, 0) is 33.6 Å². The molecule has 0 saturated heterocycles. The van der Waals surface area contributed by atoms with Crippen molar-refractivity contribution in [3.05, 3.63) is 11.6 Å². The standard InChI is InChI=1S/C10H17F3O/c1-8(2)7-9(3,14)5-4-6-10(11,12)13/h7,14H,4-6H2,1-3H3. The predicted molar refractivity (Wildman–Crippen MR) is 50.0 cm³/mol. The molecule has 0 fully saturated rings.